The van der Waals surface area contributed by atoms with Gasteiger partial charge in [-0.25, -0.2) is 4.98 Å². The number of rotatable bonds is 6. The van der Waals surface area contributed by atoms with Gasteiger partial charge in [0.25, 0.3) is 5.56 Å². The van der Waals surface area contributed by atoms with Crippen LogP contribution in [0.4, 0.5) is 0 Å². The number of H-pyrrole nitrogens is 1. The fourth-order valence-corrected chi connectivity index (χ4v) is 2.71. The van der Waals surface area contributed by atoms with Crippen LogP contribution in [-0.2, 0) is 11.3 Å². The molecule has 0 aromatic carbocycles. The molecule has 2 heterocycles. The molecule has 0 aliphatic heterocycles. The van der Waals surface area contributed by atoms with E-state index in [4.69, 9.17) is 5.73 Å². The first-order valence-electron chi connectivity index (χ1n) is 6.91. The Kier molecular flexibility index (Phi) is 5.08. The first-order chi connectivity index (χ1) is 10.0. The maximum Gasteiger partial charge on any atom is 0.268 e. The Balaban J connectivity index is 2.02. The van der Waals surface area contributed by atoms with Crippen LogP contribution in [0.5, 0.6) is 0 Å². The molecular weight excluding hydrogens is 288 g/mol. The van der Waals surface area contributed by atoms with Crippen LogP contribution >= 0.6 is 11.3 Å². The van der Waals surface area contributed by atoms with Gasteiger partial charge in [-0.1, -0.05) is 6.92 Å². The molecule has 0 spiro atoms. The highest BCUT2D eigenvalue weighted by molar-refractivity contribution is 7.17. The Morgan fingerprint density at radius 3 is 3.05 bits per heavy atom. The maximum absolute atomic E-state index is 12.0. The molecule has 3 N–H and O–H groups in total. The van der Waals surface area contributed by atoms with E-state index in [1.54, 1.807) is 11.9 Å². The van der Waals surface area contributed by atoms with Gasteiger partial charge >= 0.3 is 0 Å². The predicted molar refractivity (Wildman–Crippen MR) is 84.2 cm³/mol. The fourth-order valence-electron chi connectivity index (χ4n) is 1.99. The maximum atomic E-state index is 12.0. The van der Waals surface area contributed by atoms with Gasteiger partial charge in [-0.2, -0.15) is 0 Å². The Bertz CT molecular complexity index is 679. The van der Waals surface area contributed by atoms with Crippen LogP contribution in [0, 0.1) is 5.92 Å². The summed E-state index contributed by atoms with van der Waals surface area (Å²) in [7, 11) is 1.72. The second-order valence-electron chi connectivity index (χ2n) is 5.28. The standard InChI is InChI=1S/C14H20N4O2S/c1-9(7-15)3-4-12(19)18(2)8-11-16-10-5-6-21-13(10)14(20)17-11/h5-6,9H,3-4,7-8,15H2,1-2H3,(H,16,17,20). The Morgan fingerprint density at radius 2 is 2.33 bits per heavy atom. The lowest BCUT2D eigenvalue weighted by atomic mass is 10.1. The van der Waals surface area contributed by atoms with Crippen molar-refractivity contribution in [2.75, 3.05) is 13.6 Å². The lowest BCUT2D eigenvalue weighted by Gasteiger charge is -2.17. The number of aromatic amines is 1. The van der Waals surface area contributed by atoms with Crippen molar-refractivity contribution in [3.05, 3.63) is 27.6 Å². The zero-order chi connectivity index (χ0) is 15.4. The summed E-state index contributed by atoms with van der Waals surface area (Å²) in [5.41, 5.74) is 6.07. The third-order valence-corrected chi connectivity index (χ3v) is 4.33. The lowest BCUT2D eigenvalue weighted by molar-refractivity contribution is -0.130. The molecule has 1 unspecified atom stereocenters. The third kappa shape index (κ3) is 3.89. The molecule has 1 amide bonds. The number of carbonyl (C=O) groups is 1. The van der Waals surface area contributed by atoms with E-state index in [1.165, 1.54) is 11.3 Å². The quantitative estimate of drug-likeness (QED) is 0.842. The molecule has 0 fully saturated rings. The Morgan fingerprint density at radius 1 is 1.57 bits per heavy atom. The van der Waals surface area contributed by atoms with E-state index in [9.17, 15) is 9.59 Å². The largest absolute Gasteiger partial charge is 0.338 e. The lowest BCUT2D eigenvalue weighted by Crippen LogP contribution is -2.28. The minimum atomic E-state index is -0.150. The van der Waals surface area contributed by atoms with Crippen LogP contribution in [0.3, 0.4) is 0 Å². The molecule has 0 saturated carbocycles. The van der Waals surface area contributed by atoms with Crippen molar-refractivity contribution in [3.63, 3.8) is 0 Å². The van der Waals surface area contributed by atoms with Crippen molar-refractivity contribution in [3.8, 4) is 0 Å². The van der Waals surface area contributed by atoms with E-state index in [2.05, 4.69) is 9.97 Å². The van der Waals surface area contributed by atoms with Crippen LogP contribution < -0.4 is 11.3 Å². The number of nitrogens with zero attached hydrogens (tertiary/aromatic N) is 2. The SMILES string of the molecule is CC(CN)CCC(=O)N(C)Cc1nc2ccsc2c(=O)[nH]1. The zero-order valence-corrected chi connectivity index (χ0v) is 13.1. The van der Waals surface area contributed by atoms with E-state index < -0.39 is 0 Å². The number of nitrogens with one attached hydrogen (secondary N) is 1. The molecule has 0 radical (unpaired) electrons. The molecule has 114 valence electrons. The molecule has 2 rings (SSSR count). The van der Waals surface area contributed by atoms with E-state index in [-0.39, 0.29) is 11.5 Å². The van der Waals surface area contributed by atoms with Crippen molar-refractivity contribution in [2.45, 2.75) is 26.3 Å². The van der Waals surface area contributed by atoms with Gasteiger partial charge < -0.3 is 15.6 Å². The second kappa shape index (κ2) is 6.82. The van der Waals surface area contributed by atoms with Gasteiger partial charge in [-0.3, -0.25) is 9.59 Å². The summed E-state index contributed by atoms with van der Waals surface area (Å²) in [6.45, 7) is 2.91. The molecule has 2 aromatic rings. The van der Waals surface area contributed by atoms with E-state index in [0.29, 0.717) is 41.5 Å². The van der Waals surface area contributed by atoms with E-state index in [1.807, 2.05) is 18.4 Å². The van der Waals surface area contributed by atoms with Crippen molar-refractivity contribution in [2.24, 2.45) is 11.7 Å². The highest BCUT2D eigenvalue weighted by Crippen LogP contribution is 2.14. The van der Waals surface area contributed by atoms with Crippen LogP contribution in [0.15, 0.2) is 16.2 Å². The Hall–Kier alpha value is -1.73. The molecule has 2 aromatic heterocycles. The first kappa shape index (κ1) is 15.7. The molecule has 21 heavy (non-hydrogen) atoms. The zero-order valence-electron chi connectivity index (χ0n) is 12.3. The molecule has 6 nitrogen and oxygen atoms in total. The number of aromatic nitrogens is 2. The monoisotopic (exact) mass is 308 g/mol. The van der Waals surface area contributed by atoms with Gasteiger partial charge in [0.05, 0.1) is 12.1 Å². The Labute approximate surface area is 127 Å². The van der Waals surface area contributed by atoms with Gasteiger partial charge in [0.2, 0.25) is 5.91 Å². The smallest absolute Gasteiger partial charge is 0.268 e. The fraction of sp³-hybridized carbons (Fsp3) is 0.500. The number of fused-ring (bicyclic) bond motifs is 1. The number of nitrogens with two attached hydrogens (primary N) is 1. The summed E-state index contributed by atoms with van der Waals surface area (Å²) in [6, 6.07) is 1.81. The third-order valence-electron chi connectivity index (χ3n) is 3.43. The van der Waals surface area contributed by atoms with Crippen LogP contribution in [0.1, 0.15) is 25.6 Å². The molecular formula is C14H20N4O2S. The number of amides is 1. The topological polar surface area (TPSA) is 92.1 Å². The van der Waals surface area contributed by atoms with Gasteiger partial charge in [-0.05, 0) is 30.3 Å². The molecule has 0 bridgehead atoms. The molecule has 7 heteroatoms. The molecule has 0 saturated heterocycles. The minimum absolute atomic E-state index is 0.0309. The van der Waals surface area contributed by atoms with Gasteiger partial charge in [-0.15, -0.1) is 11.3 Å². The van der Waals surface area contributed by atoms with E-state index in [0.717, 1.165) is 6.42 Å². The highest BCUT2D eigenvalue weighted by Gasteiger charge is 2.13. The predicted octanol–water partition coefficient (Wildman–Crippen LogP) is 1.32. The van der Waals surface area contributed by atoms with Crippen LogP contribution in [0.25, 0.3) is 10.2 Å². The average Bonchev–Trinajstić information content (AvgIpc) is 2.93. The summed E-state index contributed by atoms with van der Waals surface area (Å²) in [5, 5.41) is 1.83. The summed E-state index contributed by atoms with van der Waals surface area (Å²) in [6.07, 6.45) is 1.23. The number of hydrogen-bond donors (Lipinski definition) is 2. The van der Waals surface area contributed by atoms with Crippen molar-refractivity contribution in [1.29, 1.82) is 0 Å². The molecule has 0 aliphatic carbocycles. The van der Waals surface area contributed by atoms with Gasteiger partial charge in [0.1, 0.15) is 10.5 Å². The minimum Gasteiger partial charge on any atom is -0.338 e. The molecule has 0 aliphatic rings. The first-order valence-corrected chi connectivity index (χ1v) is 7.79. The summed E-state index contributed by atoms with van der Waals surface area (Å²) < 4.78 is 0.615. The summed E-state index contributed by atoms with van der Waals surface area (Å²) in [5.74, 6) is 0.874. The van der Waals surface area contributed by atoms with Gasteiger partial charge in [0.15, 0.2) is 0 Å². The van der Waals surface area contributed by atoms with Crippen molar-refractivity contribution < 1.29 is 4.79 Å². The average molecular weight is 308 g/mol. The van der Waals surface area contributed by atoms with Crippen molar-refractivity contribution in [1.82, 2.24) is 14.9 Å². The van der Waals surface area contributed by atoms with Crippen LogP contribution in [-0.4, -0.2) is 34.4 Å². The number of thiophene rings is 1. The summed E-state index contributed by atoms with van der Waals surface area (Å²) in [4.78, 5) is 32.6. The van der Waals surface area contributed by atoms with E-state index >= 15 is 0 Å². The number of hydrogen-bond acceptors (Lipinski definition) is 5. The second-order valence-corrected chi connectivity index (χ2v) is 6.19. The summed E-state index contributed by atoms with van der Waals surface area (Å²) >= 11 is 1.36. The van der Waals surface area contributed by atoms with Gasteiger partial charge in [0, 0.05) is 13.5 Å². The van der Waals surface area contributed by atoms with Crippen molar-refractivity contribution >= 4 is 27.5 Å². The molecule has 1 atom stereocenters. The normalized spacial score (nSPS) is 12.5. The van der Waals surface area contributed by atoms with Crippen LogP contribution in [0.2, 0.25) is 0 Å². The highest BCUT2D eigenvalue weighted by atomic mass is 32.1. The number of carbonyl (C=O) groups excluding carboxylic acids is 1.